The minimum atomic E-state index is 0. The number of hydrogen-bond acceptors (Lipinski definition) is 4. The Morgan fingerprint density at radius 2 is 1.45 bits per heavy atom. The quantitative estimate of drug-likeness (QED) is 0.167. The fourth-order valence-corrected chi connectivity index (χ4v) is 5.65. The average Bonchev–Trinajstić information content (AvgIpc) is 3.41. The van der Waals surface area contributed by atoms with E-state index in [1.54, 1.807) is 6.20 Å². The molecule has 239 valence electrons. The number of fused-ring (bicyclic) bond motifs is 3. The van der Waals surface area contributed by atoms with Crippen LogP contribution in [0.3, 0.4) is 0 Å². The van der Waals surface area contributed by atoms with Crippen molar-refractivity contribution in [1.82, 2.24) is 15.0 Å². The molecule has 0 unspecified atom stereocenters. The van der Waals surface area contributed by atoms with Crippen molar-refractivity contribution in [3.8, 4) is 33.6 Å². The van der Waals surface area contributed by atoms with Crippen LogP contribution in [0.2, 0.25) is 0 Å². The topological polar surface area (TPSA) is 51.8 Å². The van der Waals surface area contributed by atoms with Crippen LogP contribution >= 0.6 is 0 Å². The van der Waals surface area contributed by atoms with Crippen LogP contribution in [0.25, 0.3) is 55.6 Å². The third-order valence-electron chi connectivity index (χ3n) is 8.29. The Morgan fingerprint density at radius 3 is 2.17 bits per heavy atom. The summed E-state index contributed by atoms with van der Waals surface area (Å²) < 4.78 is 5.88. The summed E-state index contributed by atoms with van der Waals surface area (Å²) in [6, 6.07) is 30.7. The zero-order valence-corrected chi connectivity index (χ0v) is 30.4. The molecule has 47 heavy (non-hydrogen) atoms. The van der Waals surface area contributed by atoms with Crippen molar-refractivity contribution < 1.29 is 24.5 Å². The van der Waals surface area contributed by atoms with E-state index in [1.165, 1.54) is 33.4 Å². The first-order valence-corrected chi connectivity index (χ1v) is 15.7. The summed E-state index contributed by atoms with van der Waals surface area (Å²) in [5.74, 6) is 0. The second-order valence-corrected chi connectivity index (χ2v) is 13.3. The van der Waals surface area contributed by atoms with Crippen molar-refractivity contribution in [3.63, 3.8) is 0 Å². The van der Waals surface area contributed by atoms with Crippen molar-refractivity contribution in [1.29, 1.82) is 0 Å². The van der Waals surface area contributed by atoms with Gasteiger partial charge in [-0.1, -0.05) is 100 Å². The summed E-state index contributed by atoms with van der Waals surface area (Å²) in [4.78, 5) is 13.2. The molecule has 0 amide bonds. The van der Waals surface area contributed by atoms with E-state index in [1.807, 2.05) is 55.7 Å². The van der Waals surface area contributed by atoms with Gasteiger partial charge in [-0.3, -0.25) is 0 Å². The molecule has 4 aromatic heterocycles. The van der Waals surface area contributed by atoms with Crippen molar-refractivity contribution in [3.05, 3.63) is 138 Å². The third-order valence-corrected chi connectivity index (χ3v) is 8.29. The van der Waals surface area contributed by atoms with Crippen LogP contribution in [0.4, 0.5) is 0 Å². The Balaban J connectivity index is 0.000000186. The fraction of sp³-hybridized carbons (Fsp3) is 0.214. The minimum absolute atomic E-state index is 0. The number of para-hydroxylation sites is 1. The normalized spacial score (nSPS) is 11.2. The molecular formula is C42H39IrN3O-2. The molecule has 0 atom stereocenters. The van der Waals surface area contributed by atoms with Gasteiger partial charge in [0.25, 0.3) is 0 Å². The predicted octanol–water partition coefficient (Wildman–Crippen LogP) is 10.9. The standard InChI is InChI=1S/C25H28N.C17H11N2O.Ir/c1-17-7-10-22(24-13-18(2)19(3)16-26-24)14-23(17)21-11-8-20(9-12-21)15-25(4,5)6;1-11-6-7-18-9-13(11)15-8-17-14(10-19-15)12-4-2-3-5-16(12)20-17;/h7-9,11-14,16H,15H2,1-6H3;2-8,10H,1H3;/q2*-1;. The molecule has 0 saturated carbocycles. The van der Waals surface area contributed by atoms with E-state index < -0.39 is 0 Å². The molecule has 0 aliphatic carbocycles. The number of hydrogen-bond donors (Lipinski definition) is 0. The molecule has 0 spiro atoms. The van der Waals surface area contributed by atoms with Crippen LogP contribution < -0.4 is 0 Å². The van der Waals surface area contributed by atoms with Crippen LogP contribution in [-0.2, 0) is 26.5 Å². The average molecular weight is 794 g/mol. The maximum atomic E-state index is 5.88. The number of pyridine rings is 3. The summed E-state index contributed by atoms with van der Waals surface area (Å²) in [6.07, 6.45) is 9.62. The molecule has 0 bridgehead atoms. The zero-order valence-electron chi connectivity index (χ0n) is 28.0. The molecule has 0 aliphatic heterocycles. The molecule has 4 heterocycles. The second-order valence-electron chi connectivity index (χ2n) is 13.3. The van der Waals surface area contributed by atoms with Gasteiger partial charge >= 0.3 is 0 Å². The largest absolute Gasteiger partial charge is 0.457 e. The number of aryl methyl sites for hydroxylation is 4. The number of rotatable bonds is 4. The first-order chi connectivity index (χ1) is 22.1. The van der Waals surface area contributed by atoms with Crippen LogP contribution in [0.5, 0.6) is 0 Å². The van der Waals surface area contributed by atoms with Crippen LogP contribution in [0.1, 0.15) is 48.6 Å². The third kappa shape index (κ3) is 7.76. The van der Waals surface area contributed by atoms with Gasteiger partial charge in [0, 0.05) is 43.3 Å². The summed E-state index contributed by atoms with van der Waals surface area (Å²) >= 11 is 0. The van der Waals surface area contributed by atoms with Crippen molar-refractivity contribution >= 4 is 21.9 Å². The van der Waals surface area contributed by atoms with Gasteiger partial charge in [0.15, 0.2) is 0 Å². The second kappa shape index (κ2) is 14.1. The summed E-state index contributed by atoms with van der Waals surface area (Å²) in [5.41, 5.74) is 14.5. The van der Waals surface area contributed by atoms with Gasteiger partial charge in [0.2, 0.25) is 0 Å². The molecular weight excluding hydrogens is 755 g/mol. The maximum absolute atomic E-state index is 5.88. The Bertz CT molecular complexity index is 2160. The van der Waals surface area contributed by atoms with E-state index in [-0.39, 0.29) is 20.1 Å². The van der Waals surface area contributed by atoms with E-state index in [9.17, 15) is 0 Å². The van der Waals surface area contributed by atoms with E-state index in [0.29, 0.717) is 5.41 Å². The Labute approximate surface area is 291 Å². The SMILES string of the molecule is Cc1ccn[c-]c1-c1cc2oc3ccccc3c2cn1.Cc1cnc(-c2[c-]cc(C)c(-c3ccc(CC(C)(C)C)cc3)c2)cc1C.[Ir]. The summed E-state index contributed by atoms with van der Waals surface area (Å²) in [5, 5.41) is 2.12. The Kier molecular flexibility index (Phi) is 10.2. The number of benzene rings is 3. The van der Waals surface area contributed by atoms with Gasteiger partial charge < -0.3 is 19.4 Å². The van der Waals surface area contributed by atoms with Crippen LogP contribution in [0, 0.1) is 45.4 Å². The van der Waals surface area contributed by atoms with E-state index >= 15 is 0 Å². The predicted molar refractivity (Wildman–Crippen MR) is 190 cm³/mol. The molecule has 5 heteroatoms. The van der Waals surface area contributed by atoms with Gasteiger partial charge in [0.1, 0.15) is 11.2 Å². The number of aromatic nitrogens is 3. The molecule has 7 aromatic rings. The van der Waals surface area contributed by atoms with Gasteiger partial charge in [-0.05, 0) is 72.1 Å². The molecule has 4 nitrogen and oxygen atoms in total. The Hall–Kier alpha value is -4.44. The van der Waals surface area contributed by atoms with Crippen molar-refractivity contribution in [2.45, 2.75) is 54.9 Å². The van der Waals surface area contributed by atoms with E-state index in [0.717, 1.165) is 56.4 Å². The number of furan rings is 1. The van der Waals surface area contributed by atoms with Crippen molar-refractivity contribution in [2.24, 2.45) is 5.41 Å². The smallest absolute Gasteiger partial charge is 0.135 e. The molecule has 0 N–H and O–H groups in total. The van der Waals surface area contributed by atoms with Crippen LogP contribution in [0.15, 0.2) is 102 Å². The van der Waals surface area contributed by atoms with E-state index in [4.69, 9.17) is 4.42 Å². The Morgan fingerprint density at radius 1 is 0.702 bits per heavy atom. The molecule has 1 radical (unpaired) electrons. The van der Waals surface area contributed by atoms with Gasteiger partial charge in [-0.15, -0.1) is 46.5 Å². The molecule has 0 fully saturated rings. The molecule has 3 aromatic carbocycles. The van der Waals surface area contributed by atoms with Gasteiger partial charge in [0.05, 0.1) is 0 Å². The van der Waals surface area contributed by atoms with Crippen molar-refractivity contribution in [2.75, 3.05) is 0 Å². The summed E-state index contributed by atoms with van der Waals surface area (Å²) in [7, 11) is 0. The van der Waals surface area contributed by atoms with Crippen LogP contribution in [-0.4, -0.2) is 15.0 Å². The fourth-order valence-electron chi connectivity index (χ4n) is 5.65. The first kappa shape index (κ1) is 33.9. The first-order valence-electron chi connectivity index (χ1n) is 15.7. The summed E-state index contributed by atoms with van der Waals surface area (Å²) in [6.45, 7) is 15.2. The maximum Gasteiger partial charge on any atom is 0.135 e. The minimum Gasteiger partial charge on any atom is -0.457 e. The van der Waals surface area contributed by atoms with E-state index in [2.05, 4.69) is 111 Å². The van der Waals surface area contributed by atoms with Gasteiger partial charge in [-0.25, -0.2) is 0 Å². The zero-order chi connectivity index (χ0) is 32.4. The monoisotopic (exact) mass is 794 g/mol. The molecule has 0 aliphatic rings. The van der Waals surface area contributed by atoms with Gasteiger partial charge in [-0.2, -0.15) is 0 Å². The molecule has 7 rings (SSSR count). The number of nitrogens with zero attached hydrogens (tertiary/aromatic N) is 3. The molecule has 0 saturated heterocycles.